The molecule has 0 unspecified atom stereocenters. The summed E-state index contributed by atoms with van der Waals surface area (Å²) in [5, 5.41) is 7.55. The molecule has 0 radical (unpaired) electrons. The van der Waals surface area contributed by atoms with E-state index in [1.807, 2.05) is 7.05 Å². The monoisotopic (exact) mass is 497 g/mol. The van der Waals surface area contributed by atoms with Crippen LogP contribution in [0.25, 0.3) is 10.9 Å². The number of halogens is 1. The first-order valence-electron chi connectivity index (χ1n) is 9.84. The largest absolute Gasteiger partial charge is 0.359 e. The van der Waals surface area contributed by atoms with Crippen molar-refractivity contribution in [3.8, 4) is 0 Å². The zero-order valence-electron chi connectivity index (χ0n) is 17.0. The molecule has 3 rings (SSSR count). The predicted octanol–water partition coefficient (Wildman–Crippen LogP) is 3.06. The van der Waals surface area contributed by atoms with Gasteiger partial charge in [-0.25, -0.2) is 0 Å². The number of amides is 1. The fourth-order valence-corrected chi connectivity index (χ4v) is 4.00. The number of aliphatic imine (C=N–C) groups is 1. The van der Waals surface area contributed by atoms with E-state index in [0.717, 1.165) is 44.9 Å². The fourth-order valence-electron chi connectivity index (χ4n) is 4.00. The zero-order chi connectivity index (χ0) is 19.2. The Morgan fingerprint density at radius 1 is 1.29 bits per heavy atom. The molecule has 1 aromatic carbocycles. The molecule has 0 saturated carbocycles. The second kappa shape index (κ2) is 10.7. The number of fused-ring (bicyclic) bond motifs is 1. The number of guanidine groups is 1. The van der Waals surface area contributed by atoms with Gasteiger partial charge in [-0.15, -0.1) is 24.0 Å². The Labute approximate surface area is 184 Å². The summed E-state index contributed by atoms with van der Waals surface area (Å²) in [6.07, 6.45) is 3.67. The molecule has 7 heteroatoms. The van der Waals surface area contributed by atoms with E-state index in [1.165, 1.54) is 22.2 Å². The van der Waals surface area contributed by atoms with Gasteiger partial charge < -0.3 is 20.5 Å². The van der Waals surface area contributed by atoms with Gasteiger partial charge in [0.05, 0.1) is 0 Å². The highest BCUT2D eigenvalue weighted by atomic mass is 127. The molecular formula is C21H32IN5O. The van der Waals surface area contributed by atoms with E-state index in [2.05, 4.69) is 56.7 Å². The molecule has 1 amide bonds. The Kier molecular flexibility index (Phi) is 8.59. The molecule has 2 heterocycles. The summed E-state index contributed by atoms with van der Waals surface area (Å²) in [4.78, 5) is 21.8. The molecule has 154 valence electrons. The quantitative estimate of drug-likeness (QED) is 0.338. The van der Waals surface area contributed by atoms with Gasteiger partial charge >= 0.3 is 0 Å². The number of aromatic amines is 1. The highest BCUT2D eigenvalue weighted by molar-refractivity contribution is 14.0. The molecule has 0 aliphatic carbocycles. The first-order valence-corrected chi connectivity index (χ1v) is 9.84. The van der Waals surface area contributed by atoms with E-state index in [4.69, 9.17) is 0 Å². The number of carbonyl (C=O) groups excluding carboxylic acids is 1. The first kappa shape index (κ1) is 22.5. The third-order valence-electron chi connectivity index (χ3n) is 5.56. The van der Waals surface area contributed by atoms with Crippen molar-refractivity contribution < 1.29 is 4.79 Å². The van der Waals surface area contributed by atoms with Crippen LogP contribution < -0.4 is 10.6 Å². The second-order valence-corrected chi connectivity index (χ2v) is 7.31. The lowest BCUT2D eigenvalue weighted by atomic mass is 9.93. The van der Waals surface area contributed by atoms with Crippen molar-refractivity contribution in [3.63, 3.8) is 0 Å². The van der Waals surface area contributed by atoms with Gasteiger partial charge in [0.2, 0.25) is 5.91 Å². The van der Waals surface area contributed by atoms with E-state index in [9.17, 15) is 4.79 Å². The first-order chi connectivity index (χ1) is 13.1. The maximum atomic E-state index is 11.6. The highest BCUT2D eigenvalue weighted by Gasteiger charge is 2.23. The number of hydrogen-bond donors (Lipinski definition) is 3. The Morgan fingerprint density at radius 2 is 2.00 bits per heavy atom. The molecule has 2 aromatic rings. The molecule has 0 bridgehead atoms. The molecule has 1 aliphatic heterocycles. The summed E-state index contributed by atoms with van der Waals surface area (Å²) >= 11 is 0. The van der Waals surface area contributed by atoms with Crippen molar-refractivity contribution in [1.29, 1.82) is 0 Å². The van der Waals surface area contributed by atoms with Crippen molar-refractivity contribution in [1.82, 2.24) is 20.5 Å². The van der Waals surface area contributed by atoms with Crippen LogP contribution in [0, 0.1) is 12.8 Å². The normalized spacial score (nSPS) is 15.4. The topological polar surface area (TPSA) is 72.5 Å². The molecule has 28 heavy (non-hydrogen) atoms. The number of H-pyrrole nitrogens is 1. The molecular weight excluding hydrogens is 465 g/mol. The molecule has 6 nitrogen and oxygen atoms in total. The molecule has 1 aromatic heterocycles. The minimum Gasteiger partial charge on any atom is -0.359 e. The van der Waals surface area contributed by atoms with Crippen LogP contribution in [0.4, 0.5) is 0 Å². The molecule has 1 fully saturated rings. The van der Waals surface area contributed by atoms with Gasteiger partial charge in [0.15, 0.2) is 5.96 Å². The lowest BCUT2D eigenvalue weighted by Crippen LogP contribution is -2.46. The van der Waals surface area contributed by atoms with E-state index in [-0.39, 0.29) is 29.9 Å². The molecule has 1 saturated heterocycles. The van der Waals surface area contributed by atoms with E-state index >= 15 is 0 Å². The Bertz CT molecular complexity index is 808. The number of nitrogens with one attached hydrogen (secondary N) is 3. The van der Waals surface area contributed by atoms with Crippen LogP contribution in [0.5, 0.6) is 0 Å². The van der Waals surface area contributed by atoms with E-state index in [1.54, 1.807) is 7.05 Å². The van der Waals surface area contributed by atoms with Crippen LogP contribution in [0.15, 0.2) is 29.3 Å². The zero-order valence-corrected chi connectivity index (χ0v) is 19.4. The van der Waals surface area contributed by atoms with Gasteiger partial charge in [-0.1, -0.05) is 18.2 Å². The summed E-state index contributed by atoms with van der Waals surface area (Å²) in [6.45, 7) is 4.90. The SMILES string of the molecule is CN=C(NCCc1c(C)[nH]c2ccccc12)N1CCC(CC(=O)NC)CC1.I. The summed E-state index contributed by atoms with van der Waals surface area (Å²) in [5.74, 6) is 1.59. The number of hydrogen-bond acceptors (Lipinski definition) is 2. The number of para-hydroxylation sites is 1. The maximum Gasteiger partial charge on any atom is 0.220 e. The van der Waals surface area contributed by atoms with Crippen LogP contribution in [-0.4, -0.2) is 55.5 Å². The Balaban J connectivity index is 0.00000280. The number of nitrogens with zero attached hydrogens (tertiary/aromatic N) is 2. The minimum atomic E-state index is 0. The summed E-state index contributed by atoms with van der Waals surface area (Å²) in [6, 6.07) is 8.46. The molecule has 1 aliphatic rings. The van der Waals surface area contributed by atoms with Crippen LogP contribution in [0.3, 0.4) is 0 Å². The Morgan fingerprint density at radius 3 is 2.68 bits per heavy atom. The number of carbonyl (C=O) groups is 1. The number of aryl methyl sites for hydroxylation is 1. The van der Waals surface area contributed by atoms with Crippen molar-refractivity contribution in [2.75, 3.05) is 33.7 Å². The van der Waals surface area contributed by atoms with Gasteiger partial charge in [-0.05, 0) is 43.7 Å². The third-order valence-corrected chi connectivity index (χ3v) is 5.56. The summed E-state index contributed by atoms with van der Waals surface area (Å²) in [7, 11) is 3.55. The van der Waals surface area contributed by atoms with Crippen molar-refractivity contribution >= 4 is 46.7 Å². The number of likely N-dealkylation sites (tertiary alicyclic amines) is 1. The highest BCUT2D eigenvalue weighted by Crippen LogP contribution is 2.22. The Hall–Kier alpha value is -1.77. The lowest BCUT2D eigenvalue weighted by Gasteiger charge is -2.34. The van der Waals surface area contributed by atoms with Gasteiger partial charge in [-0.3, -0.25) is 9.79 Å². The second-order valence-electron chi connectivity index (χ2n) is 7.31. The molecule has 0 atom stereocenters. The number of benzene rings is 1. The van der Waals surface area contributed by atoms with Gasteiger partial charge in [0.25, 0.3) is 0 Å². The van der Waals surface area contributed by atoms with Crippen LogP contribution in [0.1, 0.15) is 30.5 Å². The summed E-state index contributed by atoms with van der Waals surface area (Å²) < 4.78 is 0. The minimum absolute atomic E-state index is 0. The average molecular weight is 497 g/mol. The maximum absolute atomic E-state index is 11.6. The van der Waals surface area contributed by atoms with E-state index < -0.39 is 0 Å². The smallest absolute Gasteiger partial charge is 0.220 e. The number of rotatable bonds is 5. The van der Waals surface area contributed by atoms with Crippen molar-refractivity contribution in [2.24, 2.45) is 10.9 Å². The van der Waals surface area contributed by atoms with Crippen molar-refractivity contribution in [2.45, 2.75) is 32.6 Å². The van der Waals surface area contributed by atoms with Gasteiger partial charge in [-0.2, -0.15) is 0 Å². The number of aromatic nitrogens is 1. The summed E-state index contributed by atoms with van der Waals surface area (Å²) in [5.41, 5.74) is 3.81. The third kappa shape index (κ3) is 5.40. The molecule has 0 spiro atoms. The lowest BCUT2D eigenvalue weighted by molar-refractivity contribution is -0.121. The average Bonchev–Trinajstić information content (AvgIpc) is 3.01. The molecule has 3 N–H and O–H groups in total. The van der Waals surface area contributed by atoms with Crippen molar-refractivity contribution in [3.05, 3.63) is 35.5 Å². The number of piperidine rings is 1. The van der Waals surface area contributed by atoms with Gasteiger partial charge in [0.1, 0.15) is 0 Å². The fraction of sp³-hybridized carbons (Fsp3) is 0.524. The predicted molar refractivity (Wildman–Crippen MR) is 126 cm³/mol. The van der Waals surface area contributed by atoms with Crippen LogP contribution in [0.2, 0.25) is 0 Å². The van der Waals surface area contributed by atoms with Crippen LogP contribution >= 0.6 is 24.0 Å². The van der Waals surface area contributed by atoms with Crippen LogP contribution in [-0.2, 0) is 11.2 Å². The van der Waals surface area contributed by atoms with Gasteiger partial charge in [0, 0.05) is 56.7 Å². The van der Waals surface area contributed by atoms with E-state index in [0.29, 0.717) is 12.3 Å². The standard InChI is InChI=1S/C21H31N5O.HI/c1-15-17(18-6-4-5-7-19(18)25-15)8-11-24-21(23-3)26-12-9-16(10-13-26)14-20(27)22-2;/h4-7,16,25H,8-14H2,1-3H3,(H,22,27)(H,23,24);1H.